The van der Waals surface area contributed by atoms with E-state index < -0.39 is 0 Å². The summed E-state index contributed by atoms with van der Waals surface area (Å²) in [6, 6.07) is 4.49. The zero-order valence-corrected chi connectivity index (χ0v) is 11.2. The van der Waals surface area contributed by atoms with Gasteiger partial charge in [0.15, 0.2) is 5.82 Å². The third kappa shape index (κ3) is 2.79. The van der Waals surface area contributed by atoms with Gasteiger partial charge in [0.2, 0.25) is 5.89 Å². The maximum absolute atomic E-state index is 5.12. The Balaban J connectivity index is 2.11. The quantitative estimate of drug-likeness (QED) is 0.851. The van der Waals surface area contributed by atoms with Crippen molar-refractivity contribution in [3.8, 4) is 0 Å². The summed E-state index contributed by atoms with van der Waals surface area (Å²) in [4.78, 5) is 4.33. The van der Waals surface area contributed by atoms with Gasteiger partial charge >= 0.3 is 0 Å². The van der Waals surface area contributed by atoms with Crippen molar-refractivity contribution in [2.45, 2.75) is 39.8 Å². The molecule has 18 heavy (non-hydrogen) atoms. The lowest BCUT2D eigenvalue weighted by Crippen LogP contribution is -2.21. The van der Waals surface area contributed by atoms with Gasteiger partial charge in [-0.1, -0.05) is 19.0 Å². The highest BCUT2D eigenvalue weighted by Crippen LogP contribution is 2.14. The first kappa shape index (κ1) is 12.8. The standard InChI is InChI=1S/C13H20N4O/c1-4-13-15-12(16-18-13)9-17-8-6-7-11(17)10(3)14-5-2/h6-8,10,14H,4-5,9H2,1-3H3. The third-order valence-corrected chi connectivity index (χ3v) is 2.94. The lowest BCUT2D eigenvalue weighted by molar-refractivity contribution is 0.375. The molecule has 2 aromatic heterocycles. The number of hydrogen-bond donors (Lipinski definition) is 1. The van der Waals surface area contributed by atoms with E-state index in [1.807, 2.05) is 19.2 Å². The average molecular weight is 248 g/mol. The minimum absolute atomic E-state index is 0.322. The van der Waals surface area contributed by atoms with Crippen molar-refractivity contribution in [2.24, 2.45) is 0 Å². The summed E-state index contributed by atoms with van der Waals surface area (Å²) in [5.74, 6) is 1.42. The minimum Gasteiger partial charge on any atom is -0.342 e. The molecule has 5 heteroatoms. The van der Waals surface area contributed by atoms with Gasteiger partial charge in [-0.3, -0.25) is 0 Å². The SMILES string of the molecule is CCNC(C)c1cccn1Cc1noc(CC)n1. The molecule has 0 aromatic carbocycles. The van der Waals surface area contributed by atoms with Crippen LogP contribution < -0.4 is 5.32 Å². The van der Waals surface area contributed by atoms with Crippen LogP contribution in [0.2, 0.25) is 0 Å². The highest BCUT2D eigenvalue weighted by Gasteiger charge is 2.11. The van der Waals surface area contributed by atoms with Crippen molar-refractivity contribution < 1.29 is 4.52 Å². The van der Waals surface area contributed by atoms with Crippen LogP contribution in [0.4, 0.5) is 0 Å². The lowest BCUT2D eigenvalue weighted by Gasteiger charge is -2.15. The summed E-state index contributed by atoms with van der Waals surface area (Å²) in [7, 11) is 0. The van der Waals surface area contributed by atoms with E-state index in [1.165, 1.54) is 5.69 Å². The largest absolute Gasteiger partial charge is 0.342 e. The van der Waals surface area contributed by atoms with Crippen molar-refractivity contribution in [3.63, 3.8) is 0 Å². The van der Waals surface area contributed by atoms with Gasteiger partial charge in [-0.15, -0.1) is 0 Å². The van der Waals surface area contributed by atoms with Crippen molar-refractivity contribution in [1.82, 2.24) is 20.0 Å². The molecule has 98 valence electrons. The molecule has 0 fully saturated rings. The molecule has 0 saturated carbocycles. The number of aromatic nitrogens is 3. The molecule has 1 N–H and O–H groups in total. The van der Waals surface area contributed by atoms with E-state index >= 15 is 0 Å². The maximum Gasteiger partial charge on any atom is 0.226 e. The van der Waals surface area contributed by atoms with E-state index in [2.05, 4.69) is 39.9 Å². The van der Waals surface area contributed by atoms with Crippen LogP contribution in [0.1, 0.15) is 44.2 Å². The molecule has 0 bridgehead atoms. The van der Waals surface area contributed by atoms with Crippen LogP contribution in [0, 0.1) is 0 Å². The third-order valence-electron chi connectivity index (χ3n) is 2.94. The van der Waals surface area contributed by atoms with E-state index in [0.29, 0.717) is 18.5 Å². The second-order valence-corrected chi connectivity index (χ2v) is 4.30. The summed E-state index contributed by atoms with van der Waals surface area (Å²) in [6.45, 7) is 7.88. The second kappa shape index (κ2) is 5.82. The van der Waals surface area contributed by atoms with Crippen LogP contribution in [0.25, 0.3) is 0 Å². The highest BCUT2D eigenvalue weighted by molar-refractivity contribution is 5.12. The summed E-state index contributed by atoms with van der Waals surface area (Å²) in [6.07, 6.45) is 2.82. The summed E-state index contributed by atoms with van der Waals surface area (Å²) >= 11 is 0. The molecular weight excluding hydrogens is 228 g/mol. The van der Waals surface area contributed by atoms with Gasteiger partial charge in [-0.05, 0) is 25.6 Å². The van der Waals surface area contributed by atoms with Gasteiger partial charge in [0.25, 0.3) is 0 Å². The predicted molar refractivity (Wildman–Crippen MR) is 69.3 cm³/mol. The first-order valence-corrected chi connectivity index (χ1v) is 6.44. The fourth-order valence-corrected chi connectivity index (χ4v) is 2.03. The van der Waals surface area contributed by atoms with E-state index in [9.17, 15) is 0 Å². The Morgan fingerprint density at radius 3 is 2.94 bits per heavy atom. The normalized spacial score (nSPS) is 12.8. The summed E-state index contributed by atoms with van der Waals surface area (Å²) in [5.41, 5.74) is 1.24. The van der Waals surface area contributed by atoms with Crippen LogP contribution in [0.3, 0.4) is 0 Å². The van der Waals surface area contributed by atoms with Gasteiger partial charge < -0.3 is 14.4 Å². The molecule has 0 aliphatic rings. The zero-order valence-electron chi connectivity index (χ0n) is 11.2. The number of nitrogens with one attached hydrogen (secondary N) is 1. The number of rotatable bonds is 6. The number of nitrogens with zero attached hydrogens (tertiary/aromatic N) is 3. The Morgan fingerprint density at radius 2 is 2.28 bits per heavy atom. The first-order chi connectivity index (χ1) is 8.74. The van der Waals surface area contributed by atoms with E-state index in [1.54, 1.807) is 0 Å². The Labute approximate surface area is 107 Å². The zero-order chi connectivity index (χ0) is 13.0. The Morgan fingerprint density at radius 1 is 1.44 bits per heavy atom. The van der Waals surface area contributed by atoms with Crippen LogP contribution in [-0.4, -0.2) is 21.3 Å². The molecule has 2 heterocycles. The average Bonchev–Trinajstić information content (AvgIpc) is 2.99. The van der Waals surface area contributed by atoms with Crippen molar-refractivity contribution in [2.75, 3.05) is 6.54 Å². The molecule has 0 spiro atoms. The van der Waals surface area contributed by atoms with Crippen LogP contribution in [-0.2, 0) is 13.0 Å². The second-order valence-electron chi connectivity index (χ2n) is 4.30. The first-order valence-electron chi connectivity index (χ1n) is 6.44. The van der Waals surface area contributed by atoms with E-state index in [4.69, 9.17) is 4.52 Å². The van der Waals surface area contributed by atoms with Crippen molar-refractivity contribution in [3.05, 3.63) is 35.7 Å². The molecule has 0 radical (unpaired) electrons. The van der Waals surface area contributed by atoms with Gasteiger partial charge in [0.1, 0.15) is 0 Å². The molecule has 0 amide bonds. The Bertz CT molecular complexity index is 489. The molecule has 0 saturated heterocycles. The van der Waals surface area contributed by atoms with E-state index in [0.717, 1.165) is 18.8 Å². The van der Waals surface area contributed by atoms with Crippen molar-refractivity contribution >= 4 is 0 Å². The Kier molecular flexibility index (Phi) is 4.15. The van der Waals surface area contributed by atoms with Crippen LogP contribution >= 0.6 is 0 Å². The molecule has 0 aliphatic heterocycles. The molecule has 1 atom stereocenters. The lowest BCUT2D eigenvalue weighted by atomic mass is 10.2. The summed E-state index contributed by atoms with van der Waals surface area (Å²) in [5, 5.41) is 7.39. The fourth-order valence-electron chi connectivity index (χ4n) is 2.03. The predicted octanol–water partition coefficient (Wildman–Crippen LogP) is 2.15. The van der Waals surface area contributed by atoms with Gasteiger partial charge in [-0.25, -0.2) is 0 Å². The molecule has 2 aromatic rings. The minimum atomic E-state index is 0.322. The van der Waals surface area contributed by atoms with Crippen LogP contribution in [0.5, 0.6) is 0 Å². The van der Waals surface area contributed by atoms with E-state index in [-0.39, 0.29) is 0 Å². The smallest absolute Gasteiger partial charge is 0.226 e. The molecule has 1 unspecified atom stereocenters. The maximum atomic E-state index is 5.12. The monoisotopic (exact) mass is 248 g/mol. The van der Waals surface area contributed by atoms with Gasteiger partial charge in [0.05, 0.1) is 6.54 Å². The van der Waals surface area contributed by atoms with Gasteiger partial charge in [0, 0.05) is 24.4 Å². The highest BCUT2D eigenvalue weighted by atomic mass is 16.5. The molecular formula is C13H20N4O. The number of hydrogen-bond acceptors (Lipinski definition) is 4. The molecule has 2 rings (SSSR count). The number of aryl methyl sites for hydroxylation is 1. The molecule has 0 aliphatic carbocycles. The Hall–Kier alpha value is -1.62. The topological polar surface area (TPSA) is 55.9 Å². The fraction of sp³-hybridized carbons (Fsp3) is 0.538. The van der Waals surface area contributed by atoms with Crippen LogP contribution in [0.15, 0.2) is 22.9 Å². The van der Waals surface area contributed by atoms with Crippen molar-refractivity contribution in [1.29, 1.82) is 0 Å². The summed E-state index contributed by atoms with van der Waals surface area (Å²) < 4.78 is 7.27. The molecule has 5 nitrogen and oxygen atoms in total. The van der Waals surface area contributed by atoms with Gasteiger partial charge in [-0.2, -0.15) is 4.98 Å².